The normalized spacial score (nSPS) is 29.5. The quantitative estimate of drug-likeness (QED) is 0.430. The molecule has 0 spiro atoms. The van der Waals surface area contributed by atoms with Crippen LogP contribution >= 0.6 is 0 Å². The Morgan fingerprint density at radius 2 is 1.50 bits per heavy atom. The molecule has 68 valence electrons. The van der Waals surface area contributed by atoms with Crippen LogP contribution in [0.3, 0.4) is 0 Å². The van der Waals surface area contributed by atoms with E-state index in [1.54, 1.807) is 0 Å². The first-order valence-corrected chi connectivity index (χ1v) is 3.97. The zero-order valence-corrected chi connectivity index (χ0v) is 7.41. The smallest absolute Gasteiger partial charge is 0.0633 e. The Hall–Kier alpha value is -1.06. The summed E-state index contributed by atoms with van der Waals surface area (Å²) in [5.74, 6) is 0. The minimum absolute atomic E-state index is 0.0430. The van der Waals surface area contributed by atoms with Gasteiger partial charge in [-0.15, -0.1) is 0 Å². The second-order valence-electron chi connectivity index (χ2n) is 4.03. The molecule has 1 aliphatic rings. The Bertz CT molecular complexity index is 209. The van der Waals surface area contributed by atoms with E-state index in [0.717, 1.165) is 12.8 Å². The SMILES string of the molecule is CC1(C)C/C(=N\O)C/C(=N/O)C1. The lowest BCUT2D eigenvalue weighted by Crippen LogP contribution is -2.29. The molecule has 0 heterocycles. The number of hydrogen-bond acceptors (Lipinski definition) is 4. The third-order valence-corrected chi connectivity index (χ3v) is 2.06. The van der Waals surface area contributed by atoms with Crippen molar-refractivity contribution in [3.63, 3.8) is 0 Å². The summed E-state index contributed by atoms with van der Waals surface area (Å²) in [5.41, 5.74) is 1.43. The molecule has 0 radical (unpaired) electrons. The van der Waals surface area contributed by atoms with Crippen molar-refractivity contribution in [1.82, 2.24) is 0 Å². The van der Waals surface area contributed by atoms with Gasteiger partial charge in [-0.2, -0.15) is 0 Å². The van der Waals surface area contributed by atoms with E-state index in [-0.39, 0.29) is 5.41 Å². The van der Waals surface area contributed by atoms with Gasteiger partial charge in [0.05, 0.1) is 11.4 Å². The van der Waals surface area contributed by atoms with Crippen molar-refractivity contribution in [3.8, 4) is 0 Å². The summed E-state index contributed by atoms with van der Waals surface area (Å²) in [6.45, 7) is 4.12. The molecule has 0 aliphatic heterocycles. The Kier molecular flexibility index (Phi) is 2.35. The van der Waals surface area contributed by atoms with E-state index in [4.69, 9.17) is 10.4 Å². The molecule has 2 N–H and O–H groups in total. The monoisotopic (exact) mass is 170 g/mol. The lowest BCUT2D eigenvalue weighted by Gasteiger charge is -2.29. The number of hydrogen-bond donors (Lipinski definition) is 2. The average Bonchev–Trinajstić information content (AvgIpc) is 2.01. The van der Waals surface area contributed by atoms with Gasteiger partial charge in [-0.1, -0.05) is 24.2 Å². The molecule has 0 aromatic carbocycles. The Labute approximate surface area is 71.6 Å². The van der Waals surface area contributed by atoms with Gasteiger partial charge in [-0.25, -0.2) is 0 Å². The predicted molar refractivity (Wildman–Crippen MR) is 46.1 cm³/mol. The highest BCUT2D eigenvalue weighted by atomic mass is 16.4. The molecule has 4 heteroatoms. The summed E-state index contributed by atoms with van der Waals surface area (Å²) < 4.78 is 0. The van der Waals surface area contributed by atoms with E-state index in [2.05, 4.69) is 24.2 Å². The fourth-order valence-corrected chi connectivity index (χ4v) is 1.67. The van der Waals surface area contributed by atoms with Crippen LogP contribution < -0.4 is 0 Å². The second-order valence-corrected chi connectivity index (χ2v) is 4.03. The van der Waals surface area contributed by atoms with Crippen molar-refractivity contribution in [3.05, 3.63) is 0 Å². The lowest BCUT2D eigenvalue weighted by molar-refractivity contribution is 0.296. The highest BCUT2D eigenvalue weighted by Gasteiger charge is 2.29. The maximum absolute atomic E-state index is 8.59. The molecule has 12 heavy (non-hydrogen) atoms. The van der Waals surface area contributed by atoms with E-state index in [1.165, 1.54) is 0 Å². The number of oxime groups is 2. The lowest BCUT2D eigenvalue weighted by atomic mass is 9.75. The molecule has 0 saturated heterocycles. The van der Waals surface area contributed by atoms with E-state index in [9.17, 15) is 0 Å². The zero-order chi connectivity index (χ0) is 9.19. The molecule has 0 amide bonds. The summed E-state index contributed by atoms with van der Waals surface area (Å²) in [5, 5.41) is 23.5. The van der Waals surface area contributed by atoms with Gasteiger partial charge < -0.3 is 10.4 Å². The maximum Gasteiger partial charge on any atom is 0.0633 e. The summed E-state index contributed by atoms with van der Waals surface area (Å²) >= 11 is 0. The molecule has 0 unspecified atom stereocenters. The average molecular weight is 170 g/mol. The first-order chi connectivity index (χ1) is 5.57. The van der Waals surface area contributed by atoms with Gasteiger partial charge in [0.25, 0.3) is 0 Å². The molecular formula is C8H14N2O2. The number of nitrogens with zero attached hydrogens (tertiary/aromatic N) is 2. The Balaban J connectivity index is 2.80. The van der Waals surface area contributed by atoms with Gasteiger partial charge in [0.15, 0.2) is 0 Å². The molecule has 1 fully saturated rings. The van der Waals surface area contributed by atoms with Crippen LogP contribution in [0.4, 0.5) is 0 Å². The Morgan fingerprint density at radius 1 is 1.08 bits per heavy atom. The van der Waals surface area contributed by atoms with E-state index >= 15 is 0 Å². The minimum atomic E-state index is 0.0430. The van der Waals surface area contributed by atoms with Crippen molar-refractivity contribution < 1.29 is 10.4 Å². The summed E-state index contributed by atoms with van der Waals surface area (Å²) in [7, 11) is 0. The largest absolute Gasteiger partial charge is 0.411 e. The van der Waals surface area contributed by atoms with Crippen LogP contribution in [-0.4, -0.2) is 21.8 Å². The minimum Gasteiger partial charge on any atom is -0.411 e. The van der Waals surface area contributed by atoms with Crippen LogP contribution in [0, 0.1) is 5.41 Å². The molecule has 1 saturated carbocycles. The summed E-state index contributed by atoms with van der Waals surface area (Å²) in [6.07, 6.45) is 2.03. The van der Waals surface area contributed by atoms with Crippen molar-refractivity contribution in [2.45, 2.75) is 33.1 Å². The van der Waals surface area contributed by atoms with Crippen LogP contribution in [0.2, 0.25) is 0 Å². The maximum atomic E-state index is 8.59. The van der Waals surface area contributed by atoms with Crippen molar-refractivity contribution in [2.24, 2.45) is 15.7 Å². The van der Waals surface area contributed by atoms with Crippen LogP contribution in [-0.2, 0) is 0 Å². The van der Waals surface area contributed by atoms with Crippen LogP contribution in [0.5, 0.6) is 0 Å². The van der Waals surface area contributed by atoms with Crippen molar-refractivity contribution >= 4 is 11.4 Å². The molecule has 0 bridgehead atoms. The molecule has 0 atom stereocenters. The van der Waals surface area contributed by atoms with Gasteiger partial charge in [0, 0.05) is 6.42 Å². The summed E-state index contributed by atoms with van der Waals surface area (Å²) in [6, 6.07) is 0. The van der Waals surface area contributed by atoms with Gasteiger partial charge in [0.2, 0.25) is 0 Å². The fraction of sp³-hybridized carbons (Fsp3) is 0.750. The summed E-state index contributed by atoms with van der Waals surface area (Å²) in [4.78, 5) is 0. The predicted octanol–water partition coefficient (Wildman–Crippen LogP) is 1.86. The Morgan fingerprint density at radius 3 is 1.83 bits per heavy atom. The first-order valence-electron chi connectivity index (χ1n) is 3.97. The molecule has 0 aromatic heterocycles. The molecule has 4 nitrogen and oxygen atoms in total. The standard InChI is InChI=1S/C8H14N2O2/c1-8(2)4-6(9-11)3-7(5-8)10-12/h11-12H,3-5H2,1-2H3/b9-6-,10-7-. The van der Waals surface area contributed by atoms with Crippen LogP contribution in [0.15, 0.2) is 10.3 Å². The van der Waals surface area contributed by atoms with Gasteiger partial charge in [-0.3, -0.25) is 0 Å². The van der Waals surface area contributed by atoms with E-state index in [1.807, 2.05) is 0 Å². The zero-order valence-electron chi connectivity index (χ0n) is 7.41. The number of rotatable bonds is 0. The molecule has 1 rings (SSSR count). The fourth-order valence-electron chi connectivity index (χ4n) is 1.67. The van der Waals surface area contributed by atoms with Crippen molar-refractivity contribution in [1.29, 1.82) is 0 Å². The van der Waals surface area contributed by atoms with Crippen LogP contribution in [0.1, 0.15) is 33.1 Å². The topological polar surface area (TPSA) is 65.2 Å². The highest BCUT2D eigenvalue weighted by Crippen LogP contribution is 2.32. The van der Waals surface area contributed by atoms with Gasteiger partial charge in [0.1, 0.15) is 0 Å². The highest BCUT2D eigenvalue weighted by molar-refractivity contribution is 6.06. The first kappa shape index (κ1) is 9.03. The third kappa shape index (κ3) is 1.96. The molecule has 1 aliphatic carbocycles. The van der Waals surface area contributed by atoms with Crippen molar-refractivity contribution in [2.75, 3.05) is 0 Å². The second kappa shape index (κ2) is 3.13. The van der Waals surface area contributed by atoms with E-state index < -0.39 is 0 Å². The third-order valence-electron chi connectivity index (χ3n) is 2.06. The van der Waals surface area contributed by atoms with E-state index in [0.29, 0.717) is 17.8 Å². The van der Waals surface area contributed by atoms with Gasteiger partial charge >= 0.3 is 0 Å². The van der Waals surface area contributed by atoms with Gasteiger partial charge in [-0.05, 0) is 18.3 Å². The van der Waals surface area contributed by atoms with Crippen LogP contribution in [0.25, 0.3) is 0 Å². The molecule has 0 aromatic rings. The molecular weight excluding hydrogens is 156 g/mol.